The van der Waals surface area contributed by atoms with Crippen LogP contribution >= 0.6 is 0 Å². The van der Waals surface area contributed by atoms with E-state index in [0.717, 1.165) is 12.1 Å². The van der Waals surface area contributed by atoms with Crippen LogP contribution in [0.25, 0.3) is 28.5 Å². The molecule has 0 bridgehead atoms. The summed E-state index contributed by atoms with van der Waals surface area (Å²) < 4.78 is 69.4. The molecule has 0 aliphatic rings. The predicted molar refractivity (Wildman–Crippen MR) is 102 cm³/mol. The molecule has 0 aliphatic carbocycles. The lowest BCUT2D eigenvalue weighted by molar-refractivity contribution is -0.137. The fourth-order valence-corrected chi connectivity index (χ4v) is 3.13. The van der Waals surface area contributed by atoms with Gasteiger partial charge in [0.2, 0.25) is 0 Å². The predicted octanol–water partition coefficient (Wildman–Crippen LogP) is 6.21. The summed E-state index contributed by atoms with van der Waals surface area (Å²) in [5, 5.41) is 8.01. The fraction of sp³-hybridized carbons (Fsp3) is 0.0909. The van der Waals surface area contributed by atoms with Gasteiger partial charge in [0.05, 0.1) is 16.7 Å². The van der Waals surface area contributed by atoms with Crippen LogP contribution in [0.15, 0.2) is 66.7 Å². The van der Waals surface area contributed by atoms with E-state index in [1.807, 2.05) is 0 Å². The van der Waals surface area contributed by atoms with Crippen molar-refractivity contribution in [2.24, 2.45) is 0 Å². The Balaban J connectivity index is 1.95. The van der Waals surface area contributed by atoms with Gasteiger partial charge < -0.3 is 0 Å². The Morgan fingerprint density at radius 2 is 1.30 bits per heavy atom. The molecule has 3 nitrogen and oxygen atoms in total. The van der Waals surface area contributed by atoms with Gasteiger partial charge in [-0.25, -0.2) is 8.78 Å². The first-order valence-electron chi connectivity index (χ1n) is 8.90. The van der Waals surface area contributed by atoms with Crippen molar-refractivity contribution >= 4 is 0 Å². The van der Waals surface area contributed by atoms with E-state index in [9.17, 15) is 22.0 Å². The van der Waals surface area contributed by atoms with Crippen LogP contribution in [0.3, 0.4) is 0 Å². The van der Waals surface area contributed by atoms with E-state index in [1.165, 1.54) is 16.7 Å². The Morgan fingerprint density at radius 1 is 0.733 bits per heavy atom. The molecule has 0 saturated carbocycles. The van der Waals surface area contributed by atoms with Crippen LogP contribution in [-0.2, 0) is 6.18 Å². The molecular formula is C22H14F5N3. The summed E-state index contributed by atoms with van der Waals surface area (Å²) in [6.45, 7) is 1.73. The molecule has 30 heavy (non-hydrogen) atoms. The summed E-state index contributed by atoms with van der Waals surface area (Å²) in [4.78, 5) is 0. The third-order valence-electron chi connectivity index (χ3n) is 4.58. The van der Waals surface area contributed by atoms with Crippen molar-refractivity contribution in [2.75, 3.05) is 0 Å². The number of nitrogens with zero attached hydrogens (tertiary/aromatic N) is 3. The van der Waals surface area contributed by atoms with Gasteiger partial charge >= 0.3 is 6.18 Å². The Labute approximate surface area is 168 Å². The smallest absolute Gasteiger partial charge is 0.275 e. The lowest BCUT2D eigenvalue weighted by Gasteiger charge is -2.13. The number of rotatable bonds is 3. The average molecular weight is 415 g/mol. The number of aromatic nitrogens is 3. The first-order chi connectivity index (χ1) is 14.3. The van der Waals surface area contributed by atoms with E-state index in [4.69, 9.17) is 0 Å². The zero-order valence-electron chi connectivity index (χ0n) is 15.6. The van der Waals surface area contributed by atoms with Crippen LogP contribution in [0.4, 0.5) is 22.0 Å². The maximum atomic E-state index is 14.7. The molecule has 4 aromatic rings. The maximum Gasteiger partial charge on any atom is 0.416 e. The van der Waals surface area contributed by atoms with Gasteiger partial charge in [0, 0.05) is 5.69 Å². The van der Waals surface area contributed by atoms with Crippen LogP contribution in [0, 0.1) is 18.6 Å². The standard InChI is InChI=1S/C22H14F5N3/c1-13-7-9-16(18(23)11-13)20-28-29-21(30(20)15-5-3-2-4-6-15)17-10-8-14(12-19(17)24)22(25,26)27/h2-12H,1H3. The van der Waals surface area contributed by atoms with Gasteiger partial charge in [-0.2, -0.15) is 13.2 Å². The van der Waals surface area contributed by atoms with Gasteiger partial charge in [0.1, 0.15) is 11.6 Å². The zero-order chi connectivity index (χ0) is 21.5. The summed E-state index contributed by atoms with van der Waals surface area (Å²) in [5.41, 5.74) is 0.0516. The molecule has 0 unspecified atom stereocenters. The van der Waals surface area contributed by atoms with Gasteiger partial charge in [-0.15, -0.1) is 10.2 Å². The van der Waals surface area contributed by atoms with Gasteiger partial charge in [-0.3, -0.25) is 4.57 Å². The van der Waals surface area contributed by atoms with Gasteiger partial charge in [0.15, 0.2) is 11.6 Å². The van der Waals surface area contributed by atoms with Crippen molar-refractivity contribution in [3.05, 3.63) is 89.5 Å². The molecular weight excluding hydrogens is 401 g/mol. The summed E-state index contributed by atoms with van der Waals surface area (Å²) >= 11 is 0. The minimum absolute atomic E-state index is 0.0394. The van der Waals surface area contributed by atoms with Crippen molar-refractivity contribution in [1.29, 1.82) is 0 Å². The van der Waals surface area contributed by atoms with E-state index in [-0.39, 0.29) is 22.8 Å². The molecule has 1 heterocycles. The highest BCUT2D eigenvalue weighted by atomic mass is 19.4. The quantitative estimate of drug-likeness (QED) is 0.373. The molecule has 0 saturated heterocycles. The second-order valence-electron chi connectivity index (χ2n) is 6.69. The summed E-state index contributed by atoms with van der Waals surface area (Å²) in [6, 6.07) is 15.3. The highest BCUT2D eigenvalue weighted by Gasteiger charge is 2.32. The molecule has 0 atom stereocenters. The summed E-state index contributed by atoms with van der Waals surface area (Å²) in [5.74, 6) is -1.58. The van der Waals surface area contributed by atoms with E-state index in [0.29, 0.717) is 17.3 Å². The second kappa shape index (κ2) is 7.37. The summed E-state index contributed by atoms with van der Waals surface area (Å²) in [7, 11) is 0. The molecule has 8 heteroatoms. The van der Waals surface area contributed by atoms with Crippen molar-refractivity contribution in [2.45, 2.75) is 13.1 Å². The van der Waals surface area contributed by atoms with Gasteiger partial charge in [-0.05, 0) is 55.0 Å². The molecule has 0 spiro atoms. The highest BCUT2D eigenvalue weighted by Crippen LogP contribution is 2.35. The van der Waals surface area contributed by atoms with Crippen molar-refractivity contribution in [3.63, 3.8) is 0 Å². The number of benzene rings is 3. The van der Waals surface area contributed by atoms with Crippen molar-refractivity contribution in [1.82, 2.24) is 14.8 Å². The Morgan fingerprint density at radius 3 is 1.83 bits per heavy atom. The number of hydrogen-bond acceptors (Lipinski definition) is 2. The topological polar surface area (TPSA) is 30.7 Å². The second-order valence-corrected chi connectivity index (χ2v) is 6.69. The third-order valence-corrected chi connectivity index (χ3v) is 4.58. The molecule has 0 N–H and O–H groups in total. The first-order valence-corrected chi connectivity index (χ1v) is 8.90. The van der Waals surface area contributed by atoms with Crippen LogP contribution in [0.1, 0.15) is 11.1 Å². The van der Waals surface area contributed by atoms with E-state index >= 15 is 0 Å². The van der Waals surface area contributed by atoms with E-state index in [1.54, 1.807) is 43.3 Å². The van der Waals surface area contributed by atoms with Crippen LogP contribution in [0.5, 0.6) is 0 Å². The third kappa shape index (κ3) is 3.56. The Hall–Kier alpha value is -3.55. The average Bonchev–Trinajstić information content (AvgIpc) is 3.12. The molecule has 0 fully saturated rings. The first kappa shape index (κ1) is 19.8. The molecule has 1 aromatic heterocycles. The molecule has 4 rings (SSSR count). The normalized spacial score (nSPS) is 11.7. The van der Waals surface area contributed by atoms with Crippen molar-refractivity contribution < 1.29 is 22.0 Å². The molecule has 152 valence electrons. The molecule has 0 radical (unpaired) electrons. The number of hydrogen-bond donors (Lipinski definition) is 0. The maximum absolute atomic E-state index is 14.7. The van der Waals surface area contributed by atoms with E-state index in [2.05, 4.69) is 10.2 Å². The monoisotopic (exact) mass is 415 g/mol. The minimum Gasteiger partial charge on any atom is -0.275 e. The molecule has 3 aromatic carbocycles. The number of para-hydroxylation sites is 1. The lowest BCUT2D eigenvalue weighted by Crippen LogP contribution is -2.07. The van der Waals surface area contributed by atoms with Crippen LogP contribution in [-0.4, -0.2) is 14.8 Å². The van der Waals surface area contributed by atoms with Crippen LogP contribution in [0.2, 0.25) is 0 Å². The summed E-state index contributed by atoms with van der Waals surface area (Å²) in [6.07, 6.45) is -4.68. The number of halogens is 5. The highest BCUT2D eigenvalue weighted by molar-refractivity contribution is 5.67. The minimum atomic E-state index is -4.68. The van der Waals surface area contributed by atoms with Gasteiger partial charge in [-0.1, -0.05) is 24.3 Å². The SMILES string of the molecule is Cc1ccc(-c2nnc(-c3ccc(C(F)(F)F)cc3F)n2-c2ccccc2)c(F)c1. The Bertz CT molecular complexity index is 1210. The number of aryl methyl sites for hydroxylation is 1. The van der Waals surface area contributed by atoms with Crippen molar-refractivity contribution in [3.8, 4) is 28.5 Å². The molecule has 0 aliphatic heterocycles. The lowest BCUT2D eigenvalue weighted by atomic mass is 10.1. The number of alkyl halides is 3. The zero-order valence-corrected chi connectivity index (χ0v) is 15.6. The largest absolute Gasteiger partial charge is 0.416 e. The molecule has 0 amide bonds. The van der Waals surface area contributed by atoms with E-state index < -0.39 is 23.4 Å². The van der Waals surface area contributed by atoms with Gasteiger partial charge in [0.25, 0.3) is 0 Å². The fourth-order valence-electron chi connectivity index (χ4n) is 3.13. The Kier molecular flexibility index (Phi) is 4.85. The van der Waals surface area contributed by atoms with Crippen LogP contribution < -0.4 is 0 Å².